The fourth-order valence-electron chi connectivity index (χ4n) is 9.31. The zero-order valence-electron chi connectivity index (χ0n) is 49.8. The van der Waals surface area contributed by atoms with Crippen molar-refractivity contribution in [1.29, 1.82) is 0 Å². The standard InChI is InChI=1S/C69H122O6/c1-4-7-10-13-16-19-22-25-27-29-31-33-34-36-37-39-41-44-47-50-53-56-59-62-68(71)74-65-66(64-73-67(70)61-58-55-52-49-46-43-24-21-18-15-12-9-6-3)75-69(72)63-60-57-54-51-48-45-42-40-38-35-32-30-28-26-23-20-17-14-11-8-5-2/h8,11,17,20-21,24,26,28-29,31-32,35,66H,4-7,9-10,12-16,18-19,22-23,25,27,30,33-34,36-65H2,1-3H3/b11-8-,20-17-,24-21-,28-26-,31-29-,35-32-. The molecule has 75 heavy (non-hydrogen) atoms. The van der Waals surface area contributed by atoms with Crippen LogP contribution in [0.1, 0.15) is 329 Å². The highest BCUT2D eigenvalue weighted by atomic mass is 16.6. The molecule has 0 fully saturated rings. The number of carbonyl (C=O) groups excluding carboxylic acids is 3. The summed E-state index contributed by atoms with van der Waals surface area (Å²) in [6.45, 7) is 6.54. The zero-order chi connectivity index (χ0) is 54.3. The van der Waals surface area contributed by atoms with Crippen LogP contribution < -0.4 is 0 Å². The van der Waals surface area contributed by atoms with Crippen LogP contribution in [0.15, 0.2) is 72.9 Å². The van der Waals surface area contributed by atoms with Crippen LogP contribution in [0.4, 0.5) is 0 Å². The van der Waals surface area contributed by atoms with Crippen molar-refractivity contribution in [3.8, 4) is 0 Å². The van der Waals surface area contributed by atoms with Gasteiger partial charge in [-0.2, -0.15) is 0 Å². The minimum absolute atomic E-state index is 0.0800. The molecule has 0 amide bonds. The number of esters is 3. The van der Waals surface area contributed by atoms with Crippen molar-refractivity contribution in [2.24, 2.45) is 0 Å². The largest absolute Gasteiger partial charge is 0.462 e. The number of ether oxygens (including phenoxy) is 3. The van der Waals surface area contributed by atoms with E-state index in [1.165, 1.54) is 193 Å². The lowest BCUT2D eigenvalue weighted by atomic mass is 10.0. The maximum Gasteiger partial charge on any atom is 0.306 e. The number of carbonyl (C=O) groups is 3. The second-order valence-corrected chi connectivity index (χ2v) is 21.6. The van der Waals surface area contributed by atoms with E-state index in [9.17, 15) is 14.4 Å². The van der Waals surface area contributed by atoms with Crippen molar-refractivity contribution in [2.45, 2.75) is 335 Å². The molecule has 6 nitrogen and oxygen atoms in total. The summed E-state index contributed by atoms with van der Waals surface area (Å²) in [4.78, 5) is 38.3. The molecule has 0 heterocycles. The third-order valence-electron chi connectivity index (χ3n) is 14.2. The molecule has 0 saturated heterocycles. The van der Waals surface area contributed by atoms with Gasteiger partial charge in [0.25, 0.3) is 0 Å². The average molecular weight is 1050 g/mol. The number of hydrogen-bond acceptors (Lipinski definition) is 6. The molecule has 0 spiro atoms. The van der Waals surface area contributed by atoms with Crippen molar-refractivity contribution in [3.05, 3.63) is 72.9 Å². The fraction of sp³-hybridized carbons (Fsp3) is 0.783. The first-order valence-corrected chi connectivity index (χ1v) is 32.4. The molecule has 1 atom stereocenters. The first-order chi connectivity index (χ1) is 37.0. The lowest BCUT2D eigenvalue weighted by molar-refractivity contribution is -0.167. The molecule has 0 aliphatic heterocycles. The summed E-state index contributed by atoms with van der Waals surface area (Å²) in [5, 5.41) is 0. The number of hydrogen-bond donors (Lipinski definition) is 0. The Labute approximate surface area is 465 Å². The lowest BCUT2D eigenvalue weighted by Gasteiger charge is -2.18. The van der Waals surface area contributed by atoms with Gasteiger partial charge < -0.3 is 14.2 Å². The van der Waals surface area contributed by atoms with E-state index in [0.717, 1.165) is 96.3 Å². The van der Waals surface area contributed by atoms with Crippen LogP contribution in [0.3, 0.4) is 0 Å². The summed E-state index contributed by atoms with van der Waals surface area (Å²) in [5.41, 5.74) is 0. The zero-order valence-corrected chi connectivity index (χ0v) is 49.8. The van der Waals surface area contributed by atoms with Crippen molar-refractivity contribution < 1.29 is 28.6 Å². The normalized spacial score (nSPS) is 12.5. The molecular formula is C69H122O6. The van der Waals surface area contributed by atoms with Crippen molar-refractivity contribution in [1.82, 2.24) is 0 Å². The van der Waals surface area contributed by atoms with E-state index < -0.39 is 6.10 Å². The average Bonchev–Trinajstić information content (AvgIpc) is 3.41. The molecule has 0 aromatic carbocycles. The molecule has 0 saturated carbocycles. The van der Waals surface area contributed by atoms with Crippen molar-refractivity contribution in [2.75, 3.05) is 13.2 Å². The summed E-state index contributed by atoms with van der Waals surface area (Å²) < 4.78 is 16.9. The molecule has 0 aromatic heterocycles. The van der Waals surface area contributed by atoms with E-state index in [2.05, 4.69) is 93.7 Å². The summed E-state index contributed by atoms with van der Waals surface area (Å²) in [7, 11) is 0. The Kier molecular flexibility index (Phi) is 60.7. The van der Waals surface area contributed by atoms with Gasteiger partial charge in [0.05, 0.1) is 0 Å². The molecule has 0 N–H and O–H groups in total. The molecule has 0 bridgehead atoms. The Bertz CT molecular complexity index is 1390. The highest BCUT2D eigenvalue weighted by Gasteiger charge is 2.19. The second-order valence-electron chi connectivity index (χ2n) is 21.6. The smallest absolute Gasteiger partial charge is 0.306 e. The van der Waals surface area contributed by atoms with Crippen LogP contribution in [-0.2, 0) is 28.6 Å². The van der Waals surface area contributed by atoms with Gasteiger partial charge in [0, 0.05) is 19.3 Å². The Balaban J connectivity index is 4.32. The van der Waals surface area contributed by atoms with E-state index in [1.807, 2.05) is 0 Å². The minimum atomic E-state index is -0.784. The monoisotopic (exact) mass is 1050 g/mol. The van der Waals surface area contributed by atoms with E-state index in [0.29, 0.717) is 19.3 Å². The third kappa shape index (κ3) is 61.6. The van der Waals surface area contributed by atoms with Crippen LogP contribution >= 0.6 is 0 Å². The van der Waals surface area contributed by atoms with E-state index in [1.54, 1.807) is 0 Å². The summed E-state index contributed by atoms with van der Waals surface area (Å²) in [6.07, 6.45) is 81.9. The topological polar surface area (TPSA) is 78.9 Å². The van der Waals surface area contributed by atoms with Crippen LogP contribution in [0, 0.1) is 0 Å². The van der Waals surface area contributed by atoms with Gasteiger partial charge in [-0.05, 0) is 109 Å². The summed E-state index contributed by atoms with van der Waals surface area (Å²) in [6, 6.07) is 0. The van der Waals surface area contributed by atoms with Gasteiger partial charge in [-0.3, -0.25) is 14.4 Å². The lowest BCUT2D eigenvalue weighted by Crippen LogP contribution is -2.30. The van der Waals surface area contributed by atoms with Gasteiger partial charge in [0.1, 0.15) is 13.2 Å². The Morgan fingerprint density at radius 3 is 0.840 bits per heavy atom. The number of rotatable bonds is 59. The van der Waals surface area contributed by atoms with Gasteiger partial charge in [-0.15, -0.1) is 0 Å². The number of unbranched alkanes of at least 4 members (excludes halogenated alkanes) is 36. The Morgan fingerprint density at radius 1 is 0.280 bits per heavy atom. The van der Waals surface area contributed by atoms with Gasteiger partial charge in [-0.25, -0.2) is 0 Å². The van der Waals surface area contributed by atoms with Crippen molar-refractivity contribution in [3.63, 3.8) is 0 Å². The van der Waals surface area contributed by atoms with Crippen LogP contribution in [0.5, 0.6) is 0 Å². The molecular weight excluding hydrogens is 925 g/mol. The summed E-state index contributed by atoms with van der Waals surface area (Å²) >= 11 is 0. The first kappa shape index (κ1) is 71.8. The maximum atomic E-state index is 12.9. The fourth-order valence-corrected chi connectivity index (χ4v) is 9.31. The molecule has 6 heteroatoms. The Hall–Kier alpha value is -3.15. The number of allylic oxidation sites excluding steroid dienone is 12. The van der Waals surface area contributed by atoms with E-state index in [4.69, 9.17) is 14.2 Å². The molecule has 0 radical (unpaired) electrons. The highest BCUT2D eigenvalue weighted by Crippen LogP contribution is 2.16. The molecule has 434 valence electrons. The van der Waals surface area contributed by atoms with Gasteiger partial charge in [-0.1, -0.05) is 273 Å². The summed E-state index contributed by atoms with van der Waals surface area (Å²) in [5.74, 6) is -0.883. The van der Waals surface area contributed by atoms with E-state index >= 15 is 0 Å². The second kappa shape index (κ2) is 63.4. The van der Waals surface area contributed by atoms with Crippen LogP contribution in [0.2, 0.25) is 0 Å². The molecule has 0 aromatic rings. The predicted molar refractivity (Wildman–Crippen MR) is 325 cm³/mol. The van der Waals surface area contributed by atoms with Gasteiger partial charge >= 0.3 is 17.9 Å². The quantitative estimate of drug-likeness (QED) is 0.0261. The van der Waals surface area contributed by atoms with Crippen LogP contribution in [-0.4, -0.2) is 37.2 Å². The SMILES string of the molecule is CC/C=C\C/C=C\C/C=C\C/C=C\CCCCCCCCCCC(=O)OC(COC(=O)CCCCCCC/C=C\CCCCCC)COC(=O)CCCCCCCCCCCCC/C=C\CCCCCCCCCC. The van der Waals surface area contributed by atoms with Gasteiger partial charge in [0.2, 0.25) is 0 Å². The first-order valence-electron chi connectivity index (χ1n) is 32.4. The molecule has 1 unspecified atom stereocenters. The highest BCUT2D eigenvalue weighted by molar-refractivity contribution is 5.71. The van der Waals surface area contributed by atoms with Crippen LogP contribution in [0.25, 0.3) is 0 Å². The molecule has 0 aliphatic carbocycles. The third-order valence-corrected chi connectivity index (χ3v) is 14.2. The minimum Gasteiger partial charge on any atom is -0.462 e. The van der Waals surface area contributed by atoms with Gasteiger partial charge in [0.15, 0.2) is 6.10 Å². The molecule has 0 aliphatic rings. The maximum absolute atomic E-state index is 12.9. The Morgan fingerprint density at radius 2 is 0.520 bits per heavy atom. The molecule has 0 rings (SSSR count). The predicted octanol–water partition coefficient (Wildman–Crippen LogP) is 22.1. The van der Waals surface area contributed by atoms with E-state index in [-0.39, 0.29) is 31.1 Å². The van der Waals surface area contributed by atoms with Crippen molar-refractivity contribution >= 4 is 17.9 Å².